The summed E-state index contributed by atoms with van der Waals surface area (Å²) in [5.74, 6) is 0.391. The third-order valence-electron chi connectivity index (χ3n) is 4.71. The molecule has 0 saturated heterocycles. The van der Waals surface area contributed by atoms with E-state index in [0.29, 0.717) is 12.3 Å². The summed E-state index contributed by atoms with van der Waals surface area (Å²) in [5, 5.41) is 0. The van der Waals surface area contributed by atoms with Crippen LogP contribution in [-0.2, 0) is 14.3 Å². The van der Waals surface area contributed by atoms with Crippen molar-refractivity contribution in [1.82, 2.24) is 0 Å². The lowest BCUT2D eigenvalue weighted by atomic mass is 9.94. The molecule has 0 radical (unpaired) electrons. The van der Waals surface area contributed by atoms with Gasteiger partial charge in [0.1, 0.15) is 0 Å². The molecule has 0 bridgehead atoms. The zero-order valence-electron chi connectivity index (χ0n) is 15.5. The summed E-state index contributed by atoms with van der Waals surface area (Å²) in [6.07, 6.45) is 19.1. The van der Waals surface area contributed by atoms with Crippen molar-refractivity contribution in [3.63, 3.8) is 0 Å². The van der Waals surface area contributed by atoms with Crippen molar-refractivity contribution in [3.05, 3.63) is 23.8 Å². The molecule has 1 aliphatic carbocycles. The molecule has 0 aromatic heterocycles. The van der Waals surface area contributed by atoms with Crippen LogP contribution in [0.15, 0.2) is 23.8 Å². The number of ether oxygens (including phenoxy) is 1. The number of unbranched alkanes of at least 4 members (excludes halogenated alkanes) is 8. The summed E-state index contributed by atoms with van der Waals surface area (Å²) in [6.45, 7) is 2.24. The molecule has 0 fully saturated rings. The topological polar surface area (TPSA) is 43.4 Å². The molecule has 3 nitrogen and oxygen atoms in total. The molecule has 1 atom stereocenters. The normalized spacial score (nSPS) is 18.5. The van der Waals surface area contributed by atoms with Crippen molar-refractivity contribution in [2.45, 2.75) is 84.0 Å². The SMILES string of the molecule is CCCCCCCCC1C=CC(=O)C1=CCCCCCC(=O)OC. The lowest BCUT2D eigenvalue weighted by molar-refractivity contribution is -0.140. The maximum absolute atomic E-state index is 12.0. The summed E-state index contributed by atoms with van der Waals surface area (Å²) in [5.41, 5.74) is 0.997. The van der Waals surface area contributed by atoms with Gasteiger partial charge in [0.25, 0.3) is 0 Å². The summed E-state index contributed by atoms with van der Waals surface area (Å²) in [6, 6.07) is 0. The first-order valence-corrected chi connectivity index (χ1v) is 9.68. The van der Waals surface area contributed by atoms with E-state index in [0.717, 1.165) is 37.7 Å². The van der Waals surface area contributed by atoms with Crippen LogP contribution in [0, 0.1) is 5.92 Å². The Hall–Kier alpha value is -1.38. The monoisotopic (exact) mass is 334 g/mol. The Morgan fingerprint density at radius 3 is 2.54 bits per heavy atom. The van der Waals surface area contributed by atoms with Crippen LogP contribution in [0.4, 0.5) is 0 Å². The molecular formula is C21H34O3. The second-order valence-corrected chi connectivity index (χ2v) is 6.72. The van der Waals surface area contributed by atoms with Gasteiger partial charge in [-0.15, -0.1) is 0 Å². The van der Waals surface area contributed by atoms with Crippen molar-refractivity contribution in [1.29, 1.82) is 0 Å². The number of allylic oxidation sites excluding steroid dienone is 4. The minimum absolute atomic E-state index is 0.137. The fourth-order valence-corrected chi connectivity index (χ4v) is 3.18. The van der Waals surface area contributed by atoms with E-state index >= 15 is 0 Å². The van der Waals surface area contributed by atoms with Crippen LogP contribution in [0.5, 0.6) is 0 Å². The van der Waals surface area contributed by atoms with E-state index in [9.17, 15) is 9.59 Å². The minimum atomic E-state index is -0.137. The van der Waals surface area contributed by atoms with Gasteiger partial charge in [0.05, 0.1) is 7.11 Å². The maximum atomic E-state index is 12.0. The minimum Gasteiger partial charge on any atom is -0.469 e. The van der Waals surface area contributed by atoms with E-state index in [4.69, 9.17) is 0 Å². The van der Waals surface area contributed by atoms with Gasteiger partial charge in [-0.2, -0.15) is 0 Å². The zero-order valence-corrected chi connectivity index (χ0v) is 15.5. The highest BCUT2D eigenvalue weighted by molar-refractivity contribution is 6.07. The van der Waals surface area contributed by atoms with E-state index in [1.165, 1.54) is 45.6 Å². The largest absolute Gasteiger partial charge is 0.469 e. The van der Waals surface area contributed by atoms with Gasteiger partial charge in [-0.05, 0) is 31.8 Å². The third-order valence-corrected chi connectivity index (χ3v) is 4.71. The van der Waals surface area contributed by atoms with Crippen LogP contribution >= 0.6 is 0 Å². The number of methoxy groups -OCH3 is 1. The average Bonchev–Trinajstić information content (AvgIpc) is 2.94. The zero-order chi connectivity index (χ0) is 17.6. The van der Waals surface area contributed by atoms with Crippen LogP contribution in [-0.4, -0.2) is 18.9 Å². The molecule has 136 valence electrons. The molecule has 0 spiro atoms. The van der Waals surface area contributed by atoms with Crippen LogP contribution in [0.2, 0.25) is 0 Å². The Morgan fingerprint density at radius 1 is 1.08 bits per heavy atom. The number of carbonyl (C=O) groups excluding carboxylic acids is 2. The molecule has 0 heterocycles. The molecule has 0 aromatic rings. The van der Waals surface area contributed by atoms with Gasteiger partial charge in [-0.3, -0.25) is 9.59 Å². The Labute approximate surface area is 147 Å². The smallest absolute Gasteiger partial charge is 0.305 e. The molecule has 24 heavy (non-hydrogen) atoms. The molecular weight excluding hydrogens is 300 g/mol. The summed E-state index contributed by atoms with van der Waals surface area (Å²) in [7, 11) is 1.43. The van der Waals surface area contributed by atoms with E-state index in [1.54, 1.807) is 6.08 Å². The third kappa shape index (κ3) is 8.47. The van der Waals surface area contributed by atoms with E-state index in [2.05, 4.69) is 23.8 Å². The van der Waals surface area contributed by atoms with E-state index < -0.39 is 0 Å². The maximum Gasteiger partial charge on any atom is 0.305 e. The predicted molar refractivity (Wildman–Crippen MR) is 98.8 cm³/mol. The molecule has 0 N–H and O–H groups in total. The van der Waals surface area contributed by atoms with Crippen LogP contribution in [0.1, 0.15) is 84.0 Å². The first kappa shape index (κ1) is 20.7. The number of hydrogen-bond donors (Lipinski definition) is 0. The molecule has 1 unspecified atom stereocenters. The summed E-state index contributed by atoms with van der Waals surface area (Å²) < 4.78 is 4.63. The number of ketones is 1. The number of esters is 1. The van der Waals surface area contributed by atoms with Crippen LogP contribution < -0.4 is 0 Å². The average molecular weight is 335 g/mol. The van der Waals surface area contributed by atoms with Crippen molar-refractivity contribution < 1.29 is 14.3 Å². The quantitative estimate of drug-likeness (QED) is 0.252. The fraction of sp³-hybridized carbons (Fsp3) is 0.714. The summed E-state index contributed by atoms with van der Waals surface area (Å²) >= 11 is 0. The highest BCUT2D eigenvalue weighted by Gasteiger charge is 2.21. The number of carbonyl (C=O) groups is 2. The van der Waals surface area contributed by atoms with Crippen molar-refractivity contribution in [2.24, 2.45) is 5.92 Å². The van der Waals surface area contributed by atoms with Gasteiger partial charge < -0.3 is 4.74 Å². The van der Waals surface area contributed by atoms with Crippen LogP contribution in [0.3, 0.4) is 0 Å². The van der Waals surface area contributed by atoms with Gasteiger partial charge >= 0.3 is 5.97 Å². The Balaban J connectivity index is 2.20. The number of hydrogen-bond acceptors (Lipinski definition) is 3. The Bertz CT molecular complexity index is 434. The molecule has 3 heteroatoms. The van der Waals surface area contributed by atoms with Gasteiger partial charge in [0.15, 0.2) is 5.78 Å². The van der Waals surface area contributed by atoms with Gasteiger partial charge in [-0.25, -0.2) is 0 Å². The summed E-state index contributed by atoms with van der Waals surface area (Å²) in [4.78, 5) is 23.0. The van der Waals surface area contributed by atoms with Crippen molar-refractivity contribution >= 4 is 11.8 Å². The molecule has 0 aliphatic heterocycles. The van der Waals surface area contributed by atoms with Gasteiger partial charge in [-0.1, -0.05) is 64.0 Å². The van der Waals surface area contributed by atoms with E-state index in [-0.39, 0.29) is 11.8 Å². The fourth-order valence-electron chi connectivity index (χ4n) is 3.18. The first-order chi connectivity index (χ1) is 11.7. The first-order valence-electron chi connectivity index (χ1n) is 9.68. The molecule has 1 rings (SSSR count). The molecule has 0 saturated carbocycles. The van der Waals surface area contributed by atoms with Gasteiger partial charge in [0.2, 0.25) is 0 Å². The lowest BCUT2D eigenvalue weighted by Gasteiger charge is -2.10. The van der Waals surface area contributed by atoms with Crippen molar-refractivity contribution in [2.75, 3.05) is 7.11 Å². The Morgan fingerprint density at radius 2 is 1.79 bits per heavy atom. The molecule has 0 amide bonds. The predicted octanol–water partition coefficient (Wildman–Crippen LogP) is 5.54. The molecule has 0 aromatic carbocycles. The van der Waals surface area contributed by atoms with E-state index in [1.807, 2.05) is 0 Å². The highest BCUT2D eigenvalue weighted by Crippen LogP contribution is 2.27. The molecule has 1 aliphatic rings. The number of rotatable bonds is 13. The van der Waals surface area contributed by atoms with Crippen molar-refractivity contribution in [3.8, 4) is 0 Å². The second-order valence-electron chi connectivity index (χ2n) is 6.72. The standard InChI is InChI=1S/C21H34O3/c1-3-4-5-6-7-10-13-18-16-17-20(22)19(18)14-11-8-9-12-15-21(23)24-2/h14,16-18H,3-13,15H2,1-2H3. The highest BCUT2D eigenvalue weighted by atomic mass is 16.5. The van der Waals surface area contributed by atoms with Gasteiger partial charge in [0, 0.05) is 17.9 Å². The Kier molecular flexibility index (Phi) is 11.2. The lowest BCUT2D eigenvalue weighted by Crippen LogP contribution is -2.03. The second kappa shape index (κ2) is 13.0. The van der Waals surface area contributed by atoms with Crippen LogP contribution in [0.25, 0.3) is 0 Å².